The van der Waals surface area contributed by atoms with E-state index < -0.39 is 12.0 Å². The number of nitrogens with one attached hydrogen (secondary N) is 1. The van der Waals surface area contributed by atoms with Crippen LogP contribution in [-0.2, 0) is 11.3 Å². The number of hydrogen-bond acceptors (Lipinski definition) is 5. The summed E-state index contributed by atoms with van der Waals surface area (Å²) < 4.78 is 38.6. The summed E-state index contributed by atoms with van der Waals surface area (Å²) >= 11 is 0. The van der Waals surface area contributed by atoms with E-state index in [0.717, 1.165) is 19.4 Å². The largest absolute Gasteiger partial charge is 0.481 e. The van der Waals surface area contributed by atoms with E-state index in [9.17, 15) is 13.6 Å². The SMILES string of the molecule is COc1nc(O[C@H]2CC[C@H](F)CC2)c(F)cc1CNC(=O)[C@@H]1CCCN1C. The van der Waals surface area contributed by atoms with Crippen LogP contribution in [0.25, 0.3) is 0 Å². The van der Waals surface area contributed by atoms with Gasteiger partial charge in [0, 0.05) is 12.1 Å². The predicted molar refractivity (Wildman–Crippen MR) is 96.0 cm³/mol. The number of hydrogen-bond donors (Lipinski definition) is 1. The molecule has 2 fully saturated rings. The average molecular weight is 383 g/mol. The molecule has 8 heteroatoms. The Morgan fingerprint density at radius 1 is 1.30 bits per heavy atom. The molecule has 1 atom stereocenters. The Labute approximate surface area is 158 Å². The van der Waals surface area contributed by atoms with Crippen molar-refractivity contribution in [2.75, 3.05) is 20.7 Å². The number of likely N-dealkylation sites (N-methyl/N-ethyl adjacent to an activating group) is 1. The minimum Gasteiger partial charge on any atom is -0.481 e. The zero-order valence-corrected chi connectivity index (χ0v) is 15.8. The van der Waals surface area contributed by atoms with Crippen molar-refractivity contribution in [1.29, 1.82) is 0 Å². The van der Waals surface area contributed by atoms with Crippen LogP contribution in [0.15, 0.2) is 6.07 Å². The summed E-state index contributed by atoms with van der Waals surface area (Å²) in [6, 6.07) is 1.13. The maximum atomic E-state index is 14.4. The topological polar surface area (TPSA) is 63.7 Å². The molecule has 150 valence electrons. The quantitative estimate of drug-likeness (QED) is 0.818. The number of carbonyl (C=O) groups excluding carboxylic acids is 1. The molecule has 1 amide bonds. The van der Waals surface area contributed by atoms with Crippen molar-refractivity contribution in [2.24, 2.45) is 0 Å². The number of rotatable bonds is 6. The first-order valence-electron chi connectivity index (χ1n) is 9.50. The number of pyridine rings is 1. The summed E-state index contributed by atoms with van der Waals surface area (Å²) in [7, 11) is 3.36. The van der Waals surface area contributed by atoms with Gasteiger partial charge in [-0.25, -0.2) is 8.78 Å². The van der Waals surface area contributed by atoms with E-state index in [1.165, 1.54) is 13.2 Å². The van der Waals surface area contributed by atoms with Crippen LogP contribution in [0.1, 0.15) is 44.1 Å². The first kappa shape index (κ1) is 19.8. The molecule has 1 N–H and O–H groups in total. The number of aromatic nitrogens is 1. The number of ether oxygens (including phenoxy) is 2. The molecule has 1 saturated carbocycles. The van der Waals surface area contributed by atoms with E-state index in [0.29, 0.717) is 31.2 Å². The van der Waals surface area contributed by atoms with Crippen LogP contribution in [0.2, 0.25) is 0 Å². The number of nitrogens with zero attached hydrogens (tertiary/aromatic N) is 2. The second-order valence-corrected chi connectivity index (χ2v) is 7.29. The lowest BCUT2D eigenvalue weighted by Gasteiger charge is -2.25. The monoisotopic (exact) mass is 383 g/mol. The predicted octanol–water partition coefficient (Wildman–Crippen LogP) is 2.60. The Bertz CT molecular complexity index is 666. The summed E-state index contributed by atoms with van der Waals surface area (Å²) in [6.45, 7) is 1.03. The van der Waals surface area contributed by atoms with Gasteiger partial charge in [-0.05, 0) is 58.2 Å². The van der Waals surface area contributed by atoms with Crippen molar-refractivity contribution in [1.82, 2.24) is 15.2 Å². The van der Waals surface area contributed by atoms with Crippen LogP contribution in [0.4, 0.5) is 8.78 Å². The van der Waals surface area contributed by atoms with Crippen LogP contribution in [0.3, 0.4) is 0 Å². The van der Waals surface area contributed by atoms with Crippen LogP contribution in [-0.4, -0.2) is 54.8 Å². The van der Waals surface area contributed by atoms with Crippen molar-refractivity contribution in [3.05, 3.63) is 17.4 Å². The molecule has 3 rings (SSSR count). The van der Waals surface area contributed by atoms with Gasteiger partial charge in [-0.2, -0.15) is 4.98 Å². The van der Waals surface area contributed by atoms with Crippen LogP contribution < -0.4 is 14.8 Å². The zero-order chi connectivity index (χ0) is 19.4. The van der Waals surface area contributed by atoms with Crippen molar-refractivity contribution >= 4 is 5.91 Å². The molecule has 2 heterocycles. The molecule has 1 aromatic heterocycles. The van der Waals surface area contributed by atoms with Crippen molar-refractivity contribution in [2.45, 2.75) is 63.4 Å². The molecule has 2 aliphatic rings. The molecule has 6 nitrogen and oxygen atoms in total. The van der Waals surface area contributed by atoms with Gasteiger partial charge in [0.1, 0.15) is 12.3 Å². The van der Waals surface area contributed by atoms with Gasteiger partial charge in [-0.1, -0.05) is 0 Å². The highest BCUT2D eigenvalue weighted by Crippen LogP contribution is 2.29. The van der Waals surface area contributed by atoms with E-state index in [4.69, 9.17) is 9.47 Å². The second-order valence-electron chi connectivity index (χ2n) is 7.29. The van der Waals surface area contributed by atoms with Gasteiger partial charge >= 0.3 is 0 Å². The highest BCUT2D eigenvalue weighted by atomic mass is 19.1. The standard InChI is InChI=1S/C19H27F2N3O3/c1-24-9-3-4-16(24)17(25)22-11-12-10-15(21)19(23-18(12)26-2)27-14-7-5-13(20)6-8-14/h10,13-14,16H,3-9,11H2,1-2H3,(H,22,25)/t13-,14-,16-/m0/s1. The number of amides is 1. The first-order valence-corrected chi connectivity index (χ1v) is 9.50. The molecule has 0 bridgehead atoms. The minimum atomic E-state index is -0.804. The molecular formula is C19H27F2N3O3. The van der Waals surface area contributed by atoms with Crippen LogP contribution in [0.5, 0.6) is 11.8 Å². The lowest BCUT2D eigenvalue weighted by atomic mass is 9.96. The smallest absolute Gasteiger partial charge is 0.254 e. The van der Waals surface area contributed by atoms with Crippen LogP contribution in [0, 0.1) is 5.82 Å². The van der Waals surface area contributed by atoms with E-state index in [-0.39, 0.29) is 36.4 Å². The van der Waals surface area contributed by atoms with Crippen LogP contribution >= 0.6 is 0 Å². The summed E-state index contributed by atoms with van der Waals surface area (Å²) in [5, 5.41) is 2.83. The summed E-state index contributed by atoms with van der Waals surface area (Å²) in [5.41, 5.74) is 0.448. The molecular weight excluding hydrogens is 356 g/mol. The van der Waals surface area contributed by atoms with Gasteiger partial charge in [-0.3, -0.25) is 9.69 Å². The van der Waals surface area contributed by atoms with Gasteiger partial charge in [0.15, 0.2) is 5.82 Å². The number of carbonyl (C=O) groups is 1. The highest BCUT2D eigenvalue weighted by Gasteiger charge is 2.28. The molecule has 1 aromatic rings. The van der Waals surface area contributed by atoms with Gasteiger partial charge in [0.2, 0.25) is 11.8 Å². The Morgan fingerprint density at radius 3 is 2.67 bits per heavy atom. The fourth-order valence-electron chi connectivity index (χ4n) is 3.72. The number of likely N-dealkylation sites (tertiary alicyclic amines) is 1. The summed E-state index contributed by atoms with van der Waals surface area (Å²) in [4.78, 5) is 18.4. The first-order chi connectivity index (χ1) is 13.0. The van der Waals surface area contributed by atoms with E-state index >= 15 is 0 Å². The fraction of sp³-hybridized carbons (Fsp3) is 0.684. The normalized spacial score (nSPS) is 26.0. The fourth-order valence-corrected chi connectivity index (χ4v) is 3.72. The maximum Gasteiger partial charge on any atom is 0.254 e. The second kappa shape index (κ2) is 8.82. The highest BCUT2D eigenvalue weighted by molar-refractivity contribution is 5.82. The lowest BCUT2D eigenvalue weighted by molar-refractivity contribution is -0.125. The Balaban J connectivity index is 1.64. The minimum absolute atomic E-state index is 0.0826. The van der Waals surface area contributed by atoms with Gasteiger partial charge in [-0.15, -0.1) is 0 Å². The summed E-state index contributed by atoms with van der Waals surface area (Å²) in [6.07, 6.45) is 2.68. The zero-order valence-electron chi connectivity index (χ0n) is 15.8. The molecule has 1 aliphatic heterocycles. The Kier molecular flexibility index (Phi) is 6.46. The molecule has 0 aromatic carbocycles. The lowest BCUT2D eigenvalue weighted by Crippen LogP contribution is -2.41. The number of methoxy groups -OCH3 is 1. The molecule has 1 aliphatic carbocycles. The molecule has 0 radical (unpaired) electrons. The Hall–Kier alpha value is -1.96. The molecule has 0 unspecified atom stereocenters. The van der Waals surface area contributed by atoms with E-state index in [1.807, 2.05) is 11.9 Å². The summed E-state index contributed by atoms with van der Waals surface area (Å²) in [5.74, 6) is -0.619. The van der Waals surface area contributed by atoms with Gasteiger partial charge in [0.25, 0.3) is 5.88 Å². The van der Waals surface area contributed by atoms with Gasteiger partial charge < -0.3 is 14.8 Å². The number of halogens is 2. The third-order valence-electron chi connectivity index (χ3n) is 5.33. The van der Waals surface area contributed by atoms with E-state index in [2.05, 4.69) is 10.3 Å². The maximum absolute atomic E-state index is 14.4. The van der Waals surface area contributed by atoms with Crippen molar-refractivity contribution < 1.29 is 23.0 Å². The Morgan fingerprint density at radius 2 is 2.04 bits per heavy atom. The van der Waals surface area contributed by atoms with Crippen molar-refractivity contribution in [3.63, 3.8) is 0 Å². The van der Waals surface area contributed by atoms with E-state index in [1.54, 1.807) is 0 Å². The molecule has 0 spiro atoms. The average Bonchev–Trinajstić information content (AvgIpc) is 3.09. The third-order valence-corrected chi connectivity index (χ3v) is 5.33. The number of alkyl halides is 1. The van der Waals surface area contributed by atoms with Crippen molar-refractivity contribution in [3.8, 4) is 11.8 Å². The third kappa shape index (κ3) is 4.86. The molecule has 27 heavy (non-hydrogen) atoms. The molecule has 1 saturated heterocycles. The van der Waals surface area contributed by atoms with Gasteiger partial charge in [0.05, 0.1) is 13.2 Å².